The normalized spacial score (nSPS) is 10.3. The molecule has 0 fully saturated rings. The average Bonchev–Trinajstić information content (AvgIpc) is 3.14. The molecule has 3 amide bonds. The van der Waals surface area contributed by atoms with Crippen molar-refractivity contribution in [2.75, 3.05) is 16.4 Å². The Hall–Kier alpha value is -2.91. The number of benzene rings is 2. The maximum absolute atomic E-state index is 12.0. The molecule has 2 aromatic carbocycles. The number of rotatable bonds is 7. The van der Waals surface area contributed by atoms with Gasteiger partial charge in [0.25, 0.3) is 0 Å². The van der Waals surface area contributed by atoms with E-state index in [9.17, 15) is 9.59 Å². The zero-order valence-corrected chi connectivity index (χ0v) is 16.8. The minimum atomic E-state index is -0.394. The van der Waals surface area contributed by atoms with Crippen LogP contribution >= 0.6 is 23.1 Å². The summed E-state index contributed by atoms with van der Waals surface area (Å²) in [6, 6.07) is 16.7. The third-order valence-corrected chi connectivity index (χ3v) is 5.57. The zero-order valence-electron chi connectivity index (χ0n) is 15.1. The van der Waals surface area contributed by atoms with Gasteiger partial charge in [-0.2, -0.15) is 0 Å². The predicted molar refractivity (Wildman–Crippen MR) is 113 cm³/mol. The molecule has 1 heterocycles. The molecule has 0 atom stereocenters. The van der Waals surface area contributed by atoms with Gasteiger partial charge in [-0.25, -0.2) is 4.79 Å². The Morgan fingerprint density at radius 3 is 2.50 bits per heavy atom. The van der Waals surface area contributed by atoms with Crippen LogP contribution in [0, 0.1) is 6.92 Å². The number of nitrogens with zero attached hydrogens (tertiary/aromatic N) is 2. The number of nitrogens with one attached hydrogen (secondary N) is 3. The van der Waals surface area contributed by atoms with Crippen molar-refractivity contribution in [1.82, 2.24) is 15.5 Å². The Bertz CT molecular complexity index is 929. The molecule has 0 aliphatic rings. The lowest BCUT2D eigenvalue weighted by Crippen LogP contribution is -2.24. The van der Waals surface area contributed by atoms with Crippen molar-refractivity contribution in [2.24, 2.45) is 0 Å². The van der Waals surface area contributed by atoms with Gasteiger partial charge >= 0.3 is 6.03 Å². The van der Waals surface area contributed by atoms with E-state index in [1.807, 2.05) is 49.4 Å². The number of aromatic nitrogens is 2. The number of thioether (sulfide) groups is 1. The molecule has 0 bridgehead atoms. The lowest BCUT2D eigenvalue weighted by atomic mass is 10.1. The number of anilines is 2. The van der Waals surface area contributed by atoms with Crippen LogP contribution in [0.5, 0.6) is 0 Å². The highest BCUT2D eigenvalue weighted by atomic mass is 32.2. The molecule has 0 spiro atoms. The second-order valence-corrected chi connectivity index (χ2v) is 8.07. The molecule has 0 saturated heterocycles. The summed E-state index contributed by atoms with van der Waals surface area (Å²) in [5.41, 5.74) is 2.92. The van der Waals surface area contributed by atoms with Crippen LogP contribution in [0.2, 0.25) is 0 Å². The summed E-state index contributed by atoms with van der Waals surface area (Å²) in [4.78, 5) is 23.9. The van der Waals surface area contributed by atoms with Crippen molar-refractivity contribution in [3.63, 3.8) is 0 Å². The fourth-order valence-electron chi connectivity index (χ4n) is 2.18. The topological polar surface area (TPSA) is 96.0 Å². The van der Waals surface area contributed by atoms with Gasteiger partial charge in [0, 0.05) is 12.2 Å². The van der Waals surface area contributed by atoms with Gasteiger partial charge in [0.05, 0.1) is 5.75 Å². The van der Waals surface area contributed by atoms with E-state index < -0.39 is 6.03 Å². The van der Waals surface area contributed by atoms with Crippen LogP contribution in [0.1, 0.15) is 11.1 Å². The fourth-order valence-corrected chi connectivity index (χ4v) is 3.76. The molecule has 0 aliphatic heterocycles. The van der Waals surface area contributed by atoms with Crippen molar-refractivity contribution in [1.29, 1.82) is 0 Å². The monoisotopic (exact) mass is 413 g/mol. The Morgan fingerprint density at radius 1 is 1.00 bits per heavy atom. The molecule has 9 heteroatoms. The minimum Gasteiger partial charge on any atom is -0.351 e. The van der Waals surface area contributed by atoms with Gasteiger partial charge in [-0.05, 0) is 24.6 Å². The van der Waals surface area contributed by atoms with Gasteiger partial charge in [0.15, 0.2) is 4.34 Å². The molecule has 0 saturated carbocycles. The summed E-state index contributed by atoms with van der Waals surface area (Å²) in [6.07, 6.45) is 0. The molecule has 3 rings (SSSR count). The van der Waals surface area contributed by atoms with E-state index in [0.717, 1.165) is 5.56 Å². The van der Waals surface area contributed by atoms with Gasteiger partial charge in [-0.3, -0.25) is 10.1 Å². The highest BCUT2D eigenvalue weighted by Crippen LogP contribution is 2.25. The zero-order chi connectivity index (χ0) is 19.8. The number of amides is 3. The summed E-state index contributed by atoms with van der Waals surface area (Å²) < 4.78 is 0.612. The largest absolute Gasteiger partial charge is 0.351 e. The fraction of sp³-hybridized carbons (Fsp3) is 0.158. The van der Waals surface area contributed by atoms with E-state index in [1.54, 1.807) is 12.1 Å². The lowest BCUT2D eigenvalue weighted by molar-refractivity contribution is -0.118. The van der Waals surface area contributed by atoms with Crippen LogP contribution in [0.3, 0.4) is 0 Å². The van der Waals surface area contributed by atoms with Crippen LogP contribution in [0.25, 0.3) is 0 Å². The molecule has 28 heavy (non-hydrogen) atoms. The molecule has 3 aromatic rings. The first-order valence-corrected chi connectivity index (χ1v) is 10.3. The summed E-state index contributed by atoms with van der Waals surface area (Å²) in [6.45, 7) is 2.51. The van der Waals surface area contributed by atoms with Gasteiger partial charge in [-0.1, -0.05) is 71.1 Å². The van der Waals surface area contributed by atoms with Crippen LogP contribution in [-0.2, 0) is 11.3 Å². The third kappa shape index (κ3) is 6.36. The summed E-state index contributed by atoms with van der Waals surface area (Å²) in [5, 5.41) is 16.5. The van der Waals surface area contributed by atoms with E-state index in [-0.39, 0.29) is 11.7 Å². The number of carbonyl (C=O) groups excluding carboxylic acids is 2. The average molecular weight is 414 g/mol. The maximum atomic E-state index is 12.0. The number of hydrogen-bond donors (Lipinski definition) is 3. The van der Waals surface area contributed by atoms with Gasteiger partial charge in [0.1, 0.15) is 0 Å². The second kappa shape index (κ2) is 9.86. The summed E-state index contributed by atoms with van der Waals surface area (Å²) in [5.74, 6) is 0.147. The highest BCUT2D eigenvalue weighted by Gasteiger charge is 2.10. The lowest BCUT2D eigenvalue weighted by Gasteiger charge is -2.05. The number of aryl methyl sites for hydroxylation is 1. The van der Waals surface area contributed by atoms with E-state index in [4.69, 9.17) is 0 Å². The van der Waals surface area contributed by atoms with Crippen LogP contribution in [0.15, 0.2) is 58.9 Å². The van der Waals surface area contributed by atoms with Crippen molar-refractivity contribution < 1.29 is 9.59 Å². The molecular formula is C19H19N5O2S2. The quantitative estimate of drug-likeness (QED) is 0.403. The van der Waals surface area contributed by atoms with E-state index in [0.29, 0.717) is 21.7 Å². The first-order chi connectivity index (χ1) is 13.6. The third-order valence-electron chi connectivity index (χ3n) is 3.60. The van der Waals surface area contributed by atoms with Crippen LogP contribution in [-0.4, -0.2) is 27.9 Å². The summed E-state index contributed by atoms with van der Waals surface area (Å²) in [7, 11) is 0. The van der Waals surface area contributed by atoms with Gasteiger partial charge < -0.3 is 10.6 Å². The van der Waals surface area contributed by atoms with Crippen LogP contribution < -0.4 is 16.0 Å². The number of para-hydroxylation sites is 1. The molecular weight excluding hydrogens is 394 g/mol. The number of urea groups is 1. The second-order valence-electron chi connectivity index (χ2n) is 5.87. The molecule has 0 radical (unpaired) electrons. The SMILES string of the molecule is Cc1ccc(CNC(=O)CSc2nnc(NC(=O)Nc3ccccc3)s2)cc1. The van der Waals surface area contributed by atoms with E-state index in [1.165, 1.54) is 28.7 Å². The van der Waals surface area contributed by atoms with Gasteiger partial charge in [-0.15, -0.1) is 10.2 Å². The first kappa shape index (κ1) is 19.8. The van der Waals surface area contributed by atoms with Gasteiger partial charge in [0.2, 0.25) is 11.0 Å². The standard InChI is InChI=1S/C19H19N5O2S2/c1-13-7-9-14(10-8-13)11-20-16(25)12-27-19-24-23-18(28-19)22-17(26)21-15-5-3-2-4-6-15/h2-10H,11-12H2,1H3,(H,20,25)(H2,21,22,23,26). The Labute approximate surface area is 171 Å². The van der Waals surface area contributed by atoms with E-state index in [2.05, 4.69) is 26.1 Å². The Balaban J connectivity index is 1.40. The first-order valence-electron chi connectivity index (χ1n) is 8.50. The molecule has 1 aromatic heterocycles. The number of hydrogen-bond acceptors (Lipinski definition) is 6. The molecule has 0 unspecified atom stereocenters. The maximum Gasteiger partial charge on any atom is 0.325 e. The Kier molecular flexibility index (Phi) is 6.99. The van der Waals surface area contributed by atoms with Crippen LogP contribution in [0.4, 0.5) is 15.6 Å². The smallest absolute Gasteiger partial charge is 0.325 e. The van der Waals surface area contributed by atoms with Crippen molar-refractivity contribution in [3.8, 4) is 0 Å². The molecule has 0 aliphatic carbocycles. The Morgan fingerprint density at radius 2 is 1.75 bits per heavy atom. The van der Waals surface area contributed by atoms with E-state index >= 15 is 0 Å². The number of carbonyl (C=O) groups is 2. The summed E-state index contributed by atoms with van der Waals surface area (Å²) >= 11 is 2.50. The highest BCUT2D eigenvalue weighted by molar-refractivity contribution is 8.01. The molecule has 7 nitrogen and oxygen atoms in total. The molecule has 3 N–H and O–H groups in total. The minimum absolute atomic E-state index is 0.0860. The molecule has 144 valence electrons. The van der Waals surface area contributed by atoms with Crippen molar-refractivity contribution >= 4 is 45.9 Å². The van der Waals surface area contributed by atoms with Crippen molar-refractivity contribution in [3.05, 3.63) is 65.7 Å². The van der Waals surface area contributed by atoms with Crippen molar-refractivity contribution in [2.45, 2.75) is 17.8 Å². The predicted octanol–water partition coefficient (Wildman–Crippen LogP) is 3.90.